The molecule has 3 aromatic rings. The second kappa shape index (κ2) is 6.18. The summed E-state index contributed by atoms with van der Waals surface area (Å²) in [4.78, 5) is 12.3. The summed E-state index contributed by atoms with van der Waals surface area (Å²) in [5.74, 6) is 0.0875. The first-order valence-electron chi connectivity index (χ1n) is 7.92. The van der Waals surface area contributed by atoms with Crippen molar-refractivity contribution in [2.45, 2.75) is 33.1 Å². The molecular formula is C20H21NO. The zero-order valence-electron chi connectivity index (χ0n) is 13.2. The van der Waals surface area contributed by atoms with E-state index in [1.165, 1.54) is 11.1 Å². The van der Waals surface area contributed by atoms with Crippen LogP contribution in [0.5, 0.6) is 0 Å². The first-order valence-corrected chi connectivity index (χ1v) is 7.92. The van der Waals surface area contributed by atoms with Gasteiger partial charge < -0.3 is 0 Å². The fraction of sp³-hybridized carbons (Fsp3) is 0.250. The van der Waals surface area contributed by atoms with Crippen LogP contribution in [0.25, 0.3) is 22.0 Å². The molecule has 0 aliphatic rings. The van der Waals surface area contributed by atoms with Gasteiger partial charge in [-0.3, -0.25) is 9.36 Å². The number of unbranched alkanes of at least 4 members (excludes halogenated alkanes) is 1. The first-order chi connectivity index (χ1) is 10.7. The third kappa shape index (κ3) is 2.45. The highest BCUT2D eigenvalue weighted by Gasteiger charge is 2.19. The summed E-state index contributed by atoms with van der Waals surface area (Å²) in [5.41, 5.74) is 4.55. The van der Waals surface area contributed by atoms with Crippen LogP contribution in [0, 0.1) is 0 Å². The highest BCUT2D eigenvalue weighted by Crippen LogP contribution is 2.35. The SMILES string of the molecule is CCCCc1c(-c2ccccc2)c2ccccc2n1C(C)=O. The Hall–Kier alpha value is -2.35. The number of aromatic nitrogens is 1. The van der Waals surface area contributed by atoms with Crippen molar-refractivity contribution in [3.05, 3.63) is 60.3 Å². The van der Waals surface area contributed by atoms with Crippen molar-refractivity contribution < 1.29 is 4.79 Å². The average Bonchev–Trinajstić information content (AvgIpc) is 2.87. The van der Waals surface area contributed by atoms with Gasteiger partial charge in [0.1, 0.15) is 0 Å². The molecule has 2 heteroatoms. The lowest BCUT2D eigenvalue weighted by atomic mass is 9.99. The van der Waals surface area contributed by atoms with Gasteiger partial charge in [-0.2, -0.15) is 0 Å². The number of benzene rings is 2. The fourth-order valence-corrected chi connectivity index (χ4v) is 3.16. The first kappa shape index (κ1) is 14.6. The second-order valence-electron chi connectivity index (χ2n) is 5.66. The van der Waals surface area contributed by atoms with Gasteiger partial charge in [0.25, 0.3) is 0 Å². The highest BCUT2D eigenvalue weighted by molar-refractivity contribution is 6.03. The van der Waals surface area contributed by atoms with Crippen LogP contribution in [0.3, 0.4) is 0 Å². The molecule has 2 aromatic carbocycles. The van der Waals surface area contributed by atoms with Gasteiger partial charge in [-0.05, 0) is 24.5 Å². The zero-order chi connectivity index (χ0) is 15.5. The van der Waals surface area contributed by atoms with E-state index in [-0.39, 0.29) is 5.91 Å². The lowest BCUT2D eigenvalue weighted by molar-refractivity contribution is 0.0939. The molecule has 2 nitrogen and oxygen atoms in total. The van der Waals surface area contributed by atoms with Crippen molar-refractivity contribution in [3.8, 4) is 11.1 Å². The zero-order valence-corrected chi connectivity index (χ0v) is 13.2. The molecule has 0 radical (unpaired) electrons. The molecule has 1 heterocycles. The topological polar surface area (TPSA) is 22.0 Å². The normalized spacial score (nSPS) is 11.0. The molecule has 3 rings (SSSR count). The largest absolute Gasteiger partial charge is 0.284 e. The minimum absolute atomic E-state index is 0.0875. The van der Waals surface area contributed by atoms with Gasteiger partial charge in [0.15, 0.2) is 0 Å². The Bertz CT molecular complexity index is 799. The number of carbonyl (C=O) groups is 1. The van der Waals surface area contributed by atoms with Crippen LogP contribution in [0.4, 0.5) is 0 Å². The molecule has 0 aliphatic carbocycles. The maximum absolute atomic E-state index is 12.3. The lowest BCUT2D eigenvalue weighted by Crippen LogP contribution is -2.10. The molecular weight excluding hydrogens is 270 g/mol. The Labute approximate surface area is 131 Å². The van der Waals surface area contributed by atoms with E-state index in [0.29, 0.717) is 0 Å². The Morgan fingerprint density at radius 2 is 1.68 bits per heavy atom. The monoisotopic (exact) mass is 291 g/mol. The van der Waals surface area contributed by atoms with Gasteiger partial charge in [-0.25, -0.2) is 0 Å². The number of rotatable bonds is 4. The number of hydrogen-bond donors (Lipinski definition) is 0. The minimum Gasteiger partial charge on any atom is -0.284 e. The summed E-state index contributed by atoms with van der Waals surface area (Å²) >= 11 is 0. The van der Waals surface area contributed by atoms with Crippen molar-refractivity contribution in [3.63, 3.8) is 0 Å². The van der Waals surface area contributed by atoms with Crippen molar-refractivity contribution in [2.75, 3.05) is 0 Å². The van der Waals surface area contributed by atoms with Gasteiger partial charge in [0.05, 0.1) is 5.52 Å². The summed E-state index contributed by atoms with van der Waals surface area (Å²) in [6.07, 6.45) is 3.13. The molecule has 0 bridgehead atoms. The van der Waals surface area contributed by atoms with Crippen LogP contribution in [-0.4, -0.2) is 10.5 Å². The predicted molar refractivity (Wildman–Crippen MR) is 92.3 cm³/mol. The molecule has 0 unspecified atom stereocenters. The Kier molecular flexibility index (Phi) is 4.10. The standard InChI is InChI=1S/C20H21NO/c1-3-4-13-19-20(16-10-6-5-7-11-16)17-12-8-9-14-18(17)21(19)15(2)22/h5-12,14H,3-4,13H2,1-2H3. The maximum Gasteiger partial charge on any atom is 0.228 e. The van der Waals surface area contributed by atoms with E-state index in [1.54, 1.807) is 6.92 Å². The van der Waals surface area contributed by atoms with Crippen LogP contribution in [0.15, 0.2) is 54.6 Å². The molecule has 0 saturated heterocycles. The molecule has 1 aromatic heterocycles. The van der Waals surface area contributed by atoms with Crippen molar-refractivity contribution in [1.82, 2.24) is 4.57 Å². The molecule has 0 amide bonds. The van der Waals surface area contributed by atoms with Gasteiger partial charge in [-0.15, -0.1) is 0 Å². The van der Waals surface area contributed by atoms with Gasteiger partial charge >= 0.3 is 0 Å². The third-order valence-electron chi connectivity index (χ3n) is 4.12. The van der Waals surface area contributed by atoms with Gasteiger partial charge in [0.2, 0.25) is 5.91 Å². The van der Waals surface area contributed by atoms with Crippen molar-refractivity contribution >= 4 is 16.8 Å². The Morgan fingerprint density at radius 3 is 2.36 bits per heavy atom. The van der Waals surface area contributed by atoms with E-state index >= 15 is 0 Å². The lowest BCUT2D eigenvalue weighted by Gasteiger charge is -2.09. The summed E-state index contributed by atoms with van der Waals surface area (Å²) < 4.78 is 1.90. The summed E-state index contributed by atoms with van der Waals surface area (Å²) in [6.45, 7) is 3.83. The van der Waals surface area contributed by atoms with Crippen LogP contribution < -0.4 is 0 Å². The quantitative estimate of drug-likeness (QED) is 0.638. The second-order valence-corrected chi connectivity index (χ2v) is 5.66. The molecule has 0 fully saturated rings. The molecule has 0 aliphatic heterocycles. The molecule has 0 saturated carbocycles. The van der Waals surface area contributed by atoms with E-state index in [1.807, 2.05) is 28.8 Å². The van der Waals surface area contributed by atoms with Crippen LogP contribution >= 0.6 is 0 Å². The minimum atomic E-state index is 0.0875. The van der Waals surface area contributed by atoms with Crippen LogP contribution in [0.2, 0.25) is 0 Å². The van der Waals surface area contributed by atoms with Crippen LogP contribution in [-0.2, 0) is 6.42 Å². The van der Waals surface area contributed by atoms with Gasteiger partial charge in [-0.1, -0.05) is 61.9 Å². The third-order valence-corrected chi connectivity index (χ3v) is 4.12. The van der Waals surface area contributed by atoms with E-state index in [0.717, 1.165) is 35.9 Å². The average molecular weight is 291 g/mol. The predicted octanol–water partition coefficient (Wildman–Crippen LogP) is 5.31. The molecule has 0 atom stereocenters. The van der Waals surface area contributed by atoms with Gasteiger partial charge in [0, 0.05) is 23.6 Å². The molecule has 0 N–H and O–H groups in total. The number of fused-ring (bicyclic) bond motifs is 1. The molecule has 22 heavy (non-hydrogen) atoms. The number of hydrogen-bond acceptors (Lipinski definition) is 1. The fourth-order valence-electron chi connectivity index (χ4n) is 3.16. The van der Waals surface area contributed by atoms with Crippen LogP contribution in [0.1, 0.15) is 37.2 Å². The summed E-state index contributed by atoms with van der Waals surface area (Å²) in [7, 11) is 0. The van der Waals surface area contributed by atoms with E-state index < -0.39 is 0 Å². The number of para-hydroxylation sites is 1. The maximum atomic E-state index is 12.3. The number of carbonyl (C=O) groups excluding carboxylic acids is 1. The summed E-state index contributed by atoms with van der Waals surface area (Å²) in [5, 5.41) is 1.16. The Balaban J connectivity index is 2.35. The number of nitrogens with zero attached hydrogens (tertiary/aromatic N) is 1. The summed E-state index contributed by atoms with van der Waals surface area (Å²) in [6, 6.07) is 18.6. The molecule has 112 valence electrons. The molecule has 0 spiro atoms. The highest BCUT2D eigenvalue weighted by atomic mass is 16.1. The smallest absolute Gasteiger partial charge is 0.228 e. The van der Waals surface area contributed by atoms with Crippen molar-refractivity contribution in [2.24, 2.45) is 0 Å². The van der Waals surface area contributed by atoms with Crippen molar-refractivity contribution in [1.29, 1.82) is 0 Å². The van der Waals surface area contributed by atoms with E-state index in [4.69, 9.17) is 0 Å². The van der Waals surface area contributed by atoms with E-state index in [2.05, 4.69) is 37.3 Å². The van der Waals surface area contributed by atoms with E-state index in [9.17, 15) is 4.79 Å². The Morgan fingerprint density at radius 1 is 1.00 bits per heavy atom.